The predicted octanol–water partition coefficient (Wildman–Crippen LogP) is 9.35. The van der Waals surface area contributed by atoms with Gasteiger partial charge in [0.05, 0.1) is 34.4 Å². The second kappa shape index (κ2) is 31.1. The van der Waals surface area contributed by atoms with E-state index in [1.807, 2.05) is 21.1 Å². The molecule has 0 aliphatic rings. The quantitative estimate of drug-likeness (QED) is 0.0322. The van der Waals surface area contributed by atoms with Gasteiger partial charge in [-0.25, -0.2) is 4.79 Å². The number of likely N-dealkylation sites (N-methyl/N-ethyl adjacent to an activating group) is 1. The van der Waals surface area contributed by atoms with Crippen LogP contribution in [0.4, 0.5) is 0 Å². The van der Waals surface area contributed by atoms with Crippen molar-refractivity contribution in [3.8, 4) is 0 Å². The van der Waals surface area contributed by atoms with Crippen molar-refractivity contribution in [1.82, 2.24) is 0 Å². The Morgan fingerprint density at radius 2 is 1.11 bits per heavy atom. The lowest BCUT2D eigenvalue weighted by Gasteiger charge is -2.31. The monoisotopic (exact) mass is 667 g/mol. The van der Waals surface area contributed by atoms with Crippen molar-refractivity contribution in [1.29, 1.82) is 0 Å². The molecular formula is C39H72NO7+. The summed E-state index contributed by atoms with van der Waals surface area (Å²) in [6.07, 6.45) is 30.7. The van der Waals surface area contributed by atoms with Gasteiger partial charge in [0, 0.05) is 19.3 Å². The molecule has 0 heterocycles. The molecule has 47 heavy (non-hydrogen) atoms. The van der Waals surface area contributed by atoms with Gasteiger partial charge in [0.15, 0.2) is 12.1 Å². The van der Waals surface area contributed by atoms with Gasteiger partial charge in [-0.2, -0.15) is 0 Å². The van der Waals surface area contributed by atoms with E-state index in [4.69, 9.17) is 14.2 Å². The third-order valence-electron chi connectivity index (χ3n) is 8.30. The second-order valence-corrected chi connectivity index (χ2v) is 13.8. The van der Waals surface area contributed by atoms with Crippen molar-refractivity contribution in [2.24, 2.45) is 0 Å². The van der Waals surface area contributed by atoms with E-state index in [1.165, 1.54) is 51.4 Å². The van der Waals surface area contributed by atoms with Crippen molar-refractivity contribution >= 4 is 17.9 Å². The summed E-state index contributed by atoms with van der Waals surface area (Å²) >= 11 is 0. The number of esters is 2. The highest BCUT2D eigenvalue weighted by Crippen LogP contribution is 2.13. The normalized spacial score (nSPS) is 13.3. The number of nitrogens with zero attached hydrogens (tertiary/aromatic N) is 1. The summed E-state index contributed by atoms with van der Waals surface area (Å²) in [7, 11) is 5.51. The van der Waals surface area contributed by atoms with Crippen LogP contribution in [0.15, 0.2) is 24.3 Å². The Balaban J connectivity index is 4.45. The van der Waals surface area contributed by atoms with Crippen molar-refractivity contribution in [2.45, 2.75) is 167 Å². The van der Waals surface area contributed by atoms with Crippen LogP contribution in [-0.2, 0) is 28.6 Å². The van der Waals surface area contributed by atoms with E-state index in [9.17, 15) is 19.5 Å². The summed E-state index contributed by atoms with van der Waals surface area (Å²) < 4.78 is 17.2. The maximum absolute atomic E-state index is 12.6. The summed E-state index contributed by atoms with van der Waals surface area (Å²) in [5.74, 6) is -1.49. The largest absolute Gasteiger partial charge is 0.477 e. The molecule has 2 unspecified atom stereocenters. The molecule has 1 N–H and O–H groups in total. The molecule has 0 aromatic rings. The summed E-state index contributed by atoms with van der Waals surface area (Å²) in [4.78, 5) is 36.7. The number of carboxylic acids is 1. The maximum atomic E-state index is 12.6. The Morgan fingerprint density at radius 3 is 1.62 bits per heavy atom. The lowest BCUT2D eigenvalue weighted by molar-refractivity contribution is -0.887. The minimum Gasteiger partial charge on any atom is -0.477 e. The Bertz CT molecular complexity index is 834. The molecule has 0 aliphatic heterocycles. The summed E-state index contributed by atoms with van der Waals surface area (Å²) in [5, 5.41) is 9.57. The molecule has 0 spiro atoms. The average Bonchev–Trinajstić information content (AvgIpc) is 3.01. The highest BCUT2D eigenvalue weighted by atomic mass is 16.6. The zero-order valence-corrected chi connectivity index (χ0v) is 31.0. The fraction of sp³-hybridized carbons (Fsp3) is 0.821. The minimum atomic E-state index is -0.879. The number of unbranched alkanes of at least 4 members (excludes halogenated alkanes) is 15. The second-order valence-electron chi connectivity index (χ2n) is 13.8. The molecule has 0 saturated heterocycles. The standard InChI is InChI=1S/C39H71NO7/c1-6-8-10-12-14-16-18-19-20-22-24-26-28-30-38(42)47-35(33-45-32-31-36(39(43)44)40(3,4)5)34-46-37(41)29-27-25-23-21-17-15-13-11-9-7-2/h11,13,16,18,35-36H,6-10,12,14-15,17,19-34H2,1-5H3/p+1/b13-11-,18-16-. The van der Waals surface area contributed by atoms with Gasteiger partial charge in [0.1, 0.15) is 6.61 Å². The highest BCUT2D eigenvalue weighted by molar-refractivity contribution is 5.72. The van der Waals surface area contributed by atoms with Crippen molar-refractivity contribution < 1.29 is 38.2 Å². The van der Waals surface area contributed by atoms with Crippen LogP contribution in [0.3, 0.4) is 0 Å². The number of quaternary nitrogens is 1. The van der Waals surface area contributed by atoms with Crippen LogP contribution in [0.2, 0.25) is 0 Å². The molecular weight excluding hydrogens is 594 g/mol. The summed E-state index contributed by atoms with van der Waals surface area (Å²) in [6, 6.07) is -0.613. The Morgan fingerprint density at radius 1 is 0.617 bits per heavy atom. The molecule has 0 saturated carbocycles. The smallest absolute Gasteiger partial charge is 0.362 e. The van der Waals surface area contributed by atoms with Crippen molar-refractivity contribution in [3.05, 3.63) is 24.3 Å². The molecule has 8 nitrogen and oxygen atoms in total. The SMILES string of the molecule is CCC/C=C\CCCCCCCC(=O)OCC(COCCC(C(=O)O)[N+](C)(C)C)OC(=O)CCCCCCC/C=C\CCCCCC. The summed E-state index contributed by atoms with van der Waals surface area (Å²) in [6.45, 7) is 4.62. The first kappa shape index (κ1) is 44.8. The third kappa shape index (κ3) is 29.7. The highest BCUT2D eigenvalue weighted by Gasteiger charge is 2.31. The first-order valence-corrected chi connectivity index (χ1v) is 18.9. The molecule has 0 rings (SSSR count). The van der Waals surface area contributed by atoms with E-state index >= 15 is 0 Å². The summed E-state index contributed by atoms with van der Waals surface area (Å²) in [5.41, 5.74) is 0. The Labute approximate surface area is 288 Å². The van der Waals surface area contributed by atoms with Crippen LogP contribution in [0.25, 0.3) is 0 Å². The van der Waals surface area contributed by atoms with Crippen LogP contribution < -0.4 is 0 Å². The van der Waals surface area contributed by atoms with Crippen LogP contribution in [0, 0.1) is 0 Å². The van der Waals surface area contributed by atoms with Gasteiger partial charge in [-0.15, -0.1) is 0 Å². The molecule has 0 aliphatic carbocycles. The molecule has 0 aromatic carbocycles. The number of hydrogen-bond donors (Lipinski definition) is 1. The van der Waals surface area contributed by atoms with E-state index in [-0.39, 0.29) is 36.2 Å². The molecule has 274 valence electrons. The van der Waals surface area contributed by atoms with Gasteiger partial charge in [-0.3, -0.25) is 9.59 Å². The molecule has 2 atom stereocenters. The average molecular weight is 667 g/mol. The number of carbonyl (C=O) groups excluding carboxylic acids is 2. The van der Waals surface area contributed by atoms with Gasteiger partial charge in [-0.1, -0.05) is 102 Å². The fourth-order valence-electron chi connectivity index (χ4n) is 5.32. The van der Waals surface area contributed by atoms with Crippen LogP contribution in [0.1, 0.15) is 155 Å². The first-order valence-electron chi connectivity index (χ1n) is 18.9. The molecule has 8 heteroatoms. The zero-order valence-electron chi connectivity index (χ0n) is 31.0. The van der Waals surface area contributed by atoms with E-state index in [2.05, 4.69) is 38.2 Å². The third-order valence-corrected chi connectivity index (χ3v) is 8.30. The number of aliphatic carboxylic acids is 1. The van der Waals surface area contributed by atoms with Crippen molar-refractivity contribution in [2.75, 3.05) is 41.0 Å². The molecule has 0 bridgehead atoms. The lowest BCUT2D eigenvalue weighted by atomic mass is 10.1. The topological polar surface area (TPSA) is 99.1 Å². The Hall–Kier alpha value is -2.19. The van der Waals surface area contributed by atoms with Gasteiger partial charge >= 0.3 is 17.9 Å². The number of allylic oxidation sites excluding steroid dienone is 4. The predicted molar refractivity (Wildman–Crippen MR) is 192 cm³/mol. The molecule has 0 aromatic heterocycles. The van der Waals surface area contributed by atoms with Gasteiger partial charge in [0.2, 0.25) is 0 Å². The number of rotatable bonds is 33. The van der Waals surface area contributed by atoms with E-state index in [0.717, 1.165) is 70.6 Å². The number of ether oxygens (including phenoxy) is 3. The first-order chi connectivity index (χ1) is 22.6. The van der Waals surface area contributed by atoms with Gasteiger partial charge < -0.3 is 23.8 Å². The van der Waals surface area contributed by atoms with E-state index in [1.54, 1.807) is 0 Å². The molecule has 0 radical (unpaired) electrons. The number of carbonyl (C=O) groups is 3. The van der Waals surface area contributed by atoms with Gasteiger partial charge in [-0.05, 0) is 57.8 Å². The lowest BCUT2D eigenvalue weighted by Crippen LogP contribution is -2.50. The number of carboxylic acid groups (broad SMARTS) is 1. The van der Waals surface area contributed by atoms with Crippen molar-refractivity contribution in [3.63, 3.8) is 0 Å². The number of hydrogen-bond acceptors (Lipinski definition) is 6. The minimum absolute atomic E-state index is 0.0569. The van der Waals surface area contributed by atoms with Crippen LogP contribution in [0.5, 0.6) is 0 Å². The van der Waals surface area contributed by atoms with Gasteiger partial charge in [0.25, 0.3) is 0 Å². The van der Waals surface area contributed by atoms with E-state index < -0.39 is 18.1 Å². The molecule has 0 amide bonds. The fourth-order valence-corrected chi connectivity index (χ4v) is 5.32. The molecule has 0 fully saturated rings. The maximum Gasteiger partial charge on any atom is 0.362 e. The zero-order chi connectivity index (χ0) is 35.0. The van der Waals surface area contributed by atoms with E-state index in [0.29, 0.717) is 19.3 Å². The van der Waals surface area contributed by atoms with Crippen LogP contribution >= 0.6 is 0 Å². The Kier molecular flexibility index (Phi) is 29.7. The van der Waals surface area contributed by atoms with Crippen LogP contribution in [-0.4, -0.2) is 80.6 Å².